The standard InChI is InChI=1S/C26H27NO4S/c1-19-10-14-25(32-19)24(29)13-11-22(28)12-15-26(30)27-17-20-6-5-7-21(16-20)18-31-23-8-3-2-4-9-23/h2-10,14,16H,11-13,15,17-18H2,1H3,(H,27,30). The van der Waals surface area contributed by atoms with Gasteiger partial charge in [-0.15, -0.1) is 11.3 Å². The Kier molecular flexibility index (Phi) is 8.75. The van der Waals surface area contributed by atoms with Crippen LogP contribution in [0.2, 0.25) is 0 Å². The molecule has 0 spiro atoms. The van der Waals surface area contributed by atoms with Gasteiger partial charge in [0.15, 0.2) is 5.78 Å². The number of carbonyl (C=O) groups excluding carboxylic acids is 3. The van der Waals surface area contributed by atoms with Crippen LogP contribution in [0.3, 0.4) is 0 Å². The van der Waals surface area contributed by atoms with Crippen LogP contribution in [-0.2, 0) is 22.7 Å². The second kappa shape index (κ2) is 12.0. The Morgan fingerprint density at radius 3 is 2.34 bits per heavy atom. The van der Waals surface area contributed by atoms with Crippen LogP contribution in [0.15, 0.2) is 66.7 Å². The van der Waals surface area contributed by atoms with Gasteiger partial charge in [-0.05, 0) is 42.3 Å². The molecule has 2 aromatic carbocycles. The molecule has 0 aliphatic rings. The quantitative estimate of drug-likeness (QED) is 0.383. The Morgan fingerprint density at radius 2 is 1.59 bits per heavy atom. The predicted octanol–water partition coefficient (Wildman–Crippen LogP) is 5.26. The number of nitrogens with one attached hydrogen (secondary N) is 1. The highest BCUT2D eigenvalue weighted by atomic mass is 32.1. The average Bonchev–Trinajstić information content (AvgIpc) is 3.26. The summed E-state index contributed by atoms with van der Waals surface area (Å²) in [5.41, 5.74) is 1.98. The van der Waals surface area contributed by atoms with E-state index < -0.39 is 0 Å². The summed E-state index contributed by atoms with van der Waals surface area (Å²) in [5, 5.41) is 2.85. The maximum Gasteiger partial charge on any atom is 0.220 e. The van der Waals surface area contributed by atoms with Gasteiger partial charge in [-0.2, -0.15) is 0 Å². The van der Waals surface area contributed by atoms with Gasteiger partial charge < -0.3 is 10.1 Å². The molecular formula is C26H27NO4S. The summed E-state index contributed by atoms with van der Waals surface area (Å²) >= 11 is 1.44. The third kappa shape index (κ3) is 7.78. The van der Waals surface area contributed by atoms with Gasteiger partial charge in [0.05, 0.1) is 4.88 Å². The van der Waals surface area contributed by atoms with E-state index in [1.54, 1.807) is 6.07 Å². The lowest BCUT2D eigenvalue weighted by atomic mass is 10.1. The van der Waals surface area contributed by atoms with Crippen molar-refractivity contribution in [1.29, 1.82) is 0 Å². The molecule has 0 radical (unpaired) electrons. The molecule has 0 atom stereocenters. The Bertz CT molecular complexity index is 1060. The zero-order chi connectivity index (χ0) is 22.8. The van der Waals surface area contributed by atoms with Crippen LogP contribution in [0.4, 0.5) is 0 Å². The van der Waals surface area contributed by atoms with E-state index in [0.29, 0.717) is 18.0 Å². The molecule has 0 aliphatic heterocycles. The molecule has 1 aromatic heterocycles. The molecule has 0 unspecified atom stereocenters. The van der Waals surface area contributed by atoms with Crippen molar-refractivity contribution in [2.24, 2.45) is 0 Å². The topological polar surface area (TPSA) is 72.5 Å². The summed E-state index contributed by atoms with van der Waals surface area (Å²) in [6.07, 6.45) is 0.639. The Morgan fingerprint density at radius 1 is 0.844 bits per heavy atom. The number of hydrogen-bond donors (Lipinski definition) is 1. The maximum atomic E-state index is 12.1. The van der Waals surface area contributed by atoms with Crippen molar-refractivity contribution in [2.45, 2.75) is 45.8 Å². The SMILES string of the molecule is Cc1ccc(C(=O)CCC(=O)CCC(=O)NCc2cccc(COc3ccccc3)c2)s1. The van der Waals surface area contributed by atoms with E-state index in [0.717, 1.165) is 21.8 Å². The highest BCUT2D eigenvalue weighted by Crippen LogP contribution is 2.18. The largest absolute Gasteiger partial charge is 0.489 e. The number of Topliss-reactive ketones (excluding diaryl/α,β-unsaturated/α-hetero) is 2. The molecule has 0 bridgehead atoms. The highest BCUT2D eigenvalue weighted by Gasteiger charge is 2.12. The number of ketones is 2. The summed E-state index contributed by atoms with van der Waals surface area (Å²) in [6.45, 7) is 2.78. The van der Waals surface area contributed by atoms with Gasteiger partial charge in [0, 0.05) is 37.1 Å². The Hall–Kier alpha value is -3.25. The smallest absolute Gasteiger partial charge is 0.220 e. The number of rotatable bonds is 12. The number of aryl methyl sites for hydroxylation is 1. The number of ether oxygens (including phenoxy) is 1. The van der Waals surface area contributed by atoms with Crippen molar-refractivity contribution in [3.8, 4) is 5.75 Å². The van der Waals surface area contributed by atoms with Crippen molar-refractivity contribution in [1.82, 2.24) is 5.32 Å². The molecule has 3 rings (SSSR count). The fourth-order valence-electron chi connectivity index (χ4n) is 3.14. The van der Waals surface area contributed by atoms with E-state index in [9.17, 15) is 14.4 Å². The molecule has 6 heteroatoms. The molecule has 0 saturated carbocycles. The first-order chi connectivity index (χ1) is 15.5. The summed E-state index contributed by atoms with van der Waals surface area (Å²) in [7, 11) is 0. The summed E-state index contributed by atoms with van der Waals surface area (Å²) in [5.74, 6) is 0.548. The number of hydrogen-bond acceptors (Lipinski definition) is 5. The fourth-order valence-corrected chi connectivity index (χ4v) is 3.98. The van der Waals surface area contributed by atoms with Crippen molar-refractivity contribution in [2.75, 3.05) is 0 Å². The molecule has 166 valence electrons. The van der Waals surface area contributed by atoms with Crippen LogP contribution in [0.5, 0.6) is 5.75 Å². The lowest BCUT2D eigenvalue weighted by Crippen LogP contribution is -2.23. The minimum atomic E-state index is -0.176. The van der Waals surface area contributed by atoms with Crippen LogP contribution >= 0.6 is 11.3 Å². The van der Waals surface area contributed by atoms with Crippen molar-refractivity contribution in [3.05, 3.63) is 87.6 Å². The molecule has 32 heavy (non-hydrogen) atoms. The molecule has 1 heterocycles. The molecular weight excluding hydrogens is 422 g/mol. The third-order valence-corrected chi connectivity index (χ3v) is 5.95. The van der Waals surface area contributed by atoms with E-state index >= 15 is 0 Å². The average molecular weight is 450 g/mol. The van der Waals surface area contributed by atoms with Gasteiger partial charge in [0.1, 0.15) is 18.1 Å². The number of para-hydroxylation sites is 1. The first kappa shape index (κ1) is 23.4. The van der Waals surface area contributed by atoms with Crippen LogP contribution in [0.1, 0.15) is 51.4 Å². The van der Waals surface area contributed by atoms with Crippen molar-refractivity contribution in [3.63, 3.8) is 0 Å². The lowest BCUT2D eigenvalue weighted by Gasteiger charge is -2.09. The molecule has 3 aromatic rings. The van der Waals surface area contributed by atoms with E-state index in [1.807, 2.05) is 67.6 Å². The van der Waals surface area contributed by atoms with Gasteiger partial charge in [0.2, 0.25) is 5.91 Å². The number of amides is 1. The minimum Gasteiger partial charge on any atom is -0.489 e. The molecule has 1 N–H and O–H groups in total. The van der Waals surface area contributed by atoms with E-state index in [4.69, 9.17) is 4.74 Å². The first-order valence-corrected chi connectivity index (χ1v) is 11.4. The van der Waals surface area contributed by atoms with Crippen molar-refractivity contribution < 1.29 is 19.1 Å². The molecule has 5 nitrogen and oxygen atoms in total. The molecule has 0 aliphatic carbocycles. The van der Waals surface area contributed by atoms with Gasteiger partial charge in [-0.3, -0.25) is 14.4 Å². The monoisotopic (exact) mass is 449 g/mol. The summed E-state index contributed by atoms with van der Waals surface area (Å²) in [4.78, 5) is 38.0. The Labute approximate surface area is 192 Å². The van der Waals surface area contributed by atoms with E-state index in [-0.39, 0.29) is 43.2 Å². The zero-order valence-electron chi connectivity index (χ0n) is 18.1. The van der Waals surface area contributed by atoms with Crippen molar-refractivity contribution >= 4 is 28.8 Å². The van der Waals surface area contributed by atoms with Crippen LogP contribution in [0.25, 0.3) is 0 Å². The van der Waals surface area contributed by atoms with Gasteiger partial charge in [-0.25, -0.2) is 0 Å². The summed E-state index contributed by atoms with van der Waals surface area (Å²) < 4.78 is 5.76. The fraction of sp³-hybridized carbons (Fsp3) is 0.269. The zero-order valence-corrected chi connectivity index (χ0v) is 19.0. The van der Waals surface area contributed by atoms with Crippen LogP contribution < -0.4 is 10.1 Å². The Balaban J connectivity index is 1.35. The second-order valence-corrected chi connectivity index (χ2v) is 8.86. The van der Waals surface area contributed by atoms with Crippen LogP contribution in [-0.4, -0.2) is 17.5 Å². The predicted molar refractivity (Wildman–Crippen MR) is 126 cm³/mol. The molecule has 0 saturated heterocycles. The minimum absolute atomic E-state index is 0.0166. The van der Waals surface area contributed by atoms with E-state index in [2.05, 4.69) is 5.32 Å². The number of benzene rings is 2. The first-order valence-electron chi connectivity index (χ1n) is 10.6. The second-order valence-electron chi connectivity index (χ2n) is 7.57. The highest BCUT2D eigenvalue weighted by molar-refractivity contribution is 7.14. The van der Waals surface area contributed by atoms with Gasteiger partial charge in [0.25, 0.3) is 0 Å². The van der Waals surface area contributed by atoms with Gasteiger partial charge in [-0.1, -0.05) is 42.5 Å². The normalized spacial score (nSPS) is 10.5. The molecule has 0 fully saturated rings. The number of thiophene rings is 1. The number of carbonyl (C=O) groups is 3. The summed E-state index contributed by atoms with van der Waals surface area (Å²) in [6, 6.07) is 21.1. The van der Waals surface area contributed by atoms with Crippen LogP contribution in [0, 0.1) is 6.92 Å². The van der Waals surface area contributed by atoms with Gasteiger partial charge >= 0.3 is 0 Å². The maximum absolute atomic E-state index is 12.1. The lowest BCUT2D eigenvalue weighted by molar-refractivity contribution is -0.125. The van der Waals surface area contributed by atoms with E-state index in [1.165, 1.54) is 11.3 Å². The third-order valence-electron chi connectivity index (χ3n) is 4.91. The molecule has 1 amide bonds.